The molecule has 3 aromatic rings. The number of aromatic nitrogens is 1. The first-order valence-corrected chi connectivity index (χ1v) is 11.0. The topological polar surface area (TPSA) is 70.5 Å². The van der Waals surface area contributed by atoms with Crippen molar-refractivity contribution in [2.24, 2.45) is 0 Å². The molecule has 2 aromatic carbocycles. The Morgan fingerprint density at radius 2 is 1.67 bits per heavy atom. The molecule has 1 fully saturated rings. The smallest absolute Gasteiger partial charge is 0.301 e. The summed E-state index contributed by atoms with van der Waals surface area (Å²) < 4.78 is 0.877. The lowest BCUT2D eigenvalue weighted by Gasteiger charge is -2.23. The highest BCUT2D eigenvalue weighted by Crippen LogP contribution is 2.43. The molecule has 152 valence electrons. The van der Waals surface area contributed by atoms with Crippen LogP contribution in [0.3, 0.4) is 0 Å². The first-order chi connectivity index (χ1) is 14.3. The van der Waals surface area contributed by atoms with Crippen LogP contribution in [0.25, 0.3) is 5.76 Å². The molecule has 5 nitrogen and oxygen atoms in total. The zero-order valence-electron chi connectivity index (χ0n) is 16.6. The summed E-state index contributed by atoms with van der Waals surface area (Å²) in [5, 5.41) is 11.5. The van der Waals surface area contributed by atoms with Crippen LogP contribution in [0.15, 0.2) is 58.6 Å². The van der Waals surface area contributed by atoms with Crippen LogP contribution < -0.4 is 4.90 Å². The number of ketones is 1. The van der Waals surface area contributed by atoms with E-state index in [0.29, 0.717) is 10.7 Å². The lowest BCUT2D eigenvalue weighted by atomic mass is 9.95. The van der Waals surface area contributed by atoms with Crippen molar-refractivity contribution in [2.45, 2.75) is 26.8 Å². The minimum atomic E-state index is -0.760. The van der Waals surface area contributed by atoms with Gasteiger partial charge in [-0.1, -0.05) is 57.9 Å². The number of Topliss-reactive ketones (excluding diaryl/α,β-unsaturated/α-hetero) is 1. The van der Waals surface area contributed by atoms with E-state index in [1.165, 1.54) is 16.2 Å². The average Bonchev–Trinajstić information content (AvgIpc) is 3.18. The highest BCUT2D eigenvalue weighted by molar-refractivity contribution is 9.10. The number of nitrogens with zero attached hydrogens (tertiary/aromatic N) is 2. The van der Waals surface area contributed by atoms with Gasteiger partial charge in [0.2, 0.25) is 0 Å². The van der Waals surface area contributed by atoms with Crippen molar-refractivity contribution in [1.29, 1.82) is 0 Å². The number of carbonyl (C=O) groups excluding carboxylic acids is 2. The van der Waals surface area contributed by atoms with Crippen molar-refractivity contribution in [3.8, 4) is 0 Å². The molecule has 4 rings (SSSR count). The van der Waals surface area contributed by atoms with E-state index in [1.54, 1.807) is 12.1 Å². The fourth-order valence-electron chi connectivity index (χ4n) is 3.42. The maximum atomic E-state index is 13.1. The van der Waals surface area contributed by atoms with Crippen LogP contribution in [-0.4, -0.2) is 21.8 Å². The summed E-state index contributed by atoms with van der Waals surface area (Å²) in [6, 6.07) is 13.8. The van der Waals surface area contributed by atoms with E-state index in [-0.39, 0.29) is 11.3 Å². The monoisotopic (exact) mass is 482 g/mol. The summed E-state index contributed by atoms with van der Waals surface area (Å²) in [5.41, 5.74) is 3.12. The Hall–Kier alpha value is -2.77. The largest absolute Gasteiger partial charge is 0.507 e. The quantitative estimate of drug-likeness (QED) is 0.305. The lowest BCUT2D eigenvalue weighted by molar-refractivity contribution is -0.132. The number of rotatable bonds is 3. The average molecular weight is 483 g/mol. The third-order valence-electron chi connectivity index (χ3n) is 5.18. The van der Waals surface area contributed by atoms with Crippen molar-refractivity contribution in [3.05, 3.63) is 85.8 Å². The van der Waals surface area contributed by atoms with Gasteiger partial charge in [0.15, 0.2) is 5.13 Å². The van der Waals surface area contributed by atoms with Gasteiger partial charge in [-0.25, -0.2) is 4.98 Å². The molecule has 1 aliphatic rings. The Kier molecular flexibility index (Phi) is 5.34. The fraction of sp³-hybridized carbons (Fsp3) is 0.174. The van der Waals surface area contributed by atoms with E-state index in [1.807, 2.05) is 57.2 Å². The molecule has 0 radical (unpaired) electrons. The molecule has 1 atom stereocenters. The molecule has 1 aromatic heterocycles. The molecule has 1 N–H and O–H groups in total. The number of carbonyl (C=O) groups is 2. The molecule has 0 saturated carbocycles. The van der Waals surface area contributed by atoms with Gasteiger partial charge in [-0.15, -0.1) is 11.3 Å². The second-order valence-corrected chi connectivity index (χ2v) is 9.32. The summed E-state index contributed by atoms with van der Waals surface area (Å²) >= 11 is 4.78. The van der Waals surface area contributed by atoms with E-state index in [9.17, 15) is 14.7 Å². The summed E-state index contributed by atoms with van der Waals surface area (Å²) in [4.78, 5) is 33.0. The van der Waals surface area contributed by atoms with Crippen molar-refractivity contribution >= 4 is 49.8 Å². The van der Waals surface area contributed by atoms with Gasteiger partial charge >= 0.3 is 5.91 Å². The third kappa shape index (κ3) is 3.48. The van der Waals surface area contributed by atoms with Crippen LogP contribution in [0.4, 0.5) is 5.13 Å². The number of aryl methyl sites for hydroxylation is 3. The molecule has 30 heavy (non-hydrogen) atoms. The lowest BCUT2D eigenvalue weighted by Crippen LogP contribution is -2.29. The molecule has 2 heterocycles. The number of benzene rings is 2. The second kappa shape index (κ2) is 7.81. The Morgan fingerprint density at radius 3 is 2.23 bits per heavy atom. The molecule has 0 bridgehead atoms. The normalized spacial score (nSPS) is 18.3. The van der Waals surface area contributed by atoms with E-state index >= 15 is 0 Å². The minimum Gasteiger partial charge on any atom is -0.507 e. The van der Waals surface area contributed by atoms with E-state index in [4.69, 9.17) is 0 Å². The van der Waals surface area contributed by atoms with Crippen molar-refractivity contribution < 1.29 is 14.7 Å². The van der Waals surface area contributed by atoms with Gasteiger partial charge in [0.25, 0.3) is 5.78 Å². The van der Waals surface area contributed by atoms with Crippen LogP contribution in [0, 0.1) is 20.8 Å². The molecule has 0 unspecified atom stereocenters. The predicted molar refractivity (Wildman–Crippen MR) is 122 cm³/mol. The number of halogens is 1. The summed E-state index contributed by atoms with van der Waals surface area (Å²) in [6.07, 6.45) is 0. The Bertz CT molecular complexity index is 1160. The van der Waals surface area contributed by atoms with Crippen LogP contribution in [0.2, 0.25) is 0 Å². The van der Waals surface area contributed by atoms with E-state index in [0.717, 1.165) is 26.2 Å². The molecule has 0 spiro atoms. The number of aliphatic hydroxyl groups excluding tert-OH is 1. The minimum absolute atomic E-state index is 0.0664. The number of anilines is 1. The number of aliphatic hydroxyl groups is 1. The van der Waals surface area contributed by atoms with Gasteiger partial charge in [0, 0.05) is 14.9 Å². The van der Waals surface area contributed by atoms with Gasteiger partial charge in [-0.2, -0.15) is 0 Å². The van der Waals surface area contributed by atoms with Gasteiger partial charge in [-0.3, -0.25) is 14.5 Å². The molecule has 0 aliphatic carbocycles. The van der Waals surface area contributed by atoms with Crippen LogP contribution in [0.1, 0.15) is 33.3 Å². The molecule has 1 amide bonds. The van der Waals surface area contributed by atoms with E-state index < -0.39 is 17.7 Å². The molecule has 1 aliphatic heterocycles. The molecular weight excluding hydrogens is 464 g/mol. The number of hydrogen-bond donors (Lipinski definition) is 1. The summed E-state index contributed by atoms with van der Waals surface area (Å²) in [5.74, 6) is -1.59. The maximum Gasteiger partial charge on any atom is 0.301 e. The third-order valence-corrected chi connectivity index (χ3v) is 6.78. The van der Waals surface area contributed by atoms with Crippen LogP contribution in [-0.2, 0) is 9.59 Å². The Morgan fingerprint density at radius 1 is 1.03 bits per heavy atom. The van der Waals surface area contributed by atoms with Crippen LogP contribution in [0.5, 0.6) is 0 Å². The van der Waals surface area contributed by atoms with E-state index in [2.05, 4.69) is 20.9 Å². The Balaban J connectivity index is 1.94. The molecule has 1 saturated heterocycles. The van der Waals surface area contributed by atoms with Gasteiger partial charge < -0.3 is 5.11 Å². The highest BCUT2D eigenvalue weighted by atomic mass is 79.9. The number of thiazole rings is 1. The molecular formula is C23H19BrN2O3S. The Labute approximate surface area is 186 Å². The van der Waals surface area contributed by atoms with Crippen molar-refractivity contribution in [1.82, 2.24) is 4.98 Å². The summed E-state index contributed by atoms with van der Waals surface area (Å²) in [6.45, 7) is 5.73. The number of amides is 1. The zero-order valence-corrected chi connectivity index (χ0v) is 19.0. The van der Waals surface area contributed by atoms with Crippen molar-refractivity contribution in [2.75, 3.05) is 4.90 Å². The zero-order chi connectivity index (χ0) is 21.6. The summed E-state index contributed by atoms with van der Waals surface area (Å²) in [7, 11) is 0. The maximum absolute atomic E-state index is 13.1. The highest BCUT2D eigenvalue weighted by Gasteiger charge is 2.48. The second-order valence-electron chi connectivity index (χ2n) is 7.22. The standard InChI is InChI=1S/C23H19BrN2O3S/c1-12-4-6-16(7-5-12)20(27)18-19(15-8-10-17(24)11-9-15)26(22(29)21(18)28)23-25-13(2)14(3)30-23/h4-11,19,27H,1-3H3/b20-18+/t19-/m1/s1. The van der Waals surface area contributed by atoms with Gasteiger partial charge in [0.1, 0.15) is 5.76 Å². The molecule has 7 heteroatoms. The first kappa shape index (κ1) is 20.5. The predicted octanol–water partition coefficient (Wildman–Crippen LogP) is 5.46. The SMILES string of the molecule is Cc1ccc(/C(O)=C2\C(=O)C(=O)N(c3nc(C)c(C)s3)[C@@H]2c2ccc(Br)cc2)cc1. The van der Waals surface area contributed by atoms with Crippen molar-refractivity contribution in [3.63, 3.8) is 0 Å². The van der Waals surface area contributed by atoms with Gasteiger partial charge in [-0.05, 0) is 38.5 Å². The fourth-order valence-corrected chi connectivity index (χ4v) is 4.62. The van der Waals surface area contributed by atoms with Crippen LogP contribution >= 0.6 is 27.3 Å². The van der Waals surface area contributed by atoms with Gasteiger partial charge in [0.05, 0.1) is 17.3 Å². The number of hydrogen-bond acceptors (Lipinski definition) is 5. The first-order valence-electron chi connectivity index (χ1n) is 9.35.